The number of nitrogens with zero attached hydrogens (tertiary/aromatic N) is 2. The average molecular weight is 335 g/mol. The molecule has 0 aromatic carbocycles. The van der Waals surface area contributed by atoms with Gasteiger partial charge in [-0.05, 0) is 51.4 Å². The van der Waals surface area contributed by atoms with E-state index in [1.165, 1.54) is 0 Å². The Kier molecular flexibility index (Phi) is 4.83. The van der Waals surface area contributed by atoms with E-state index in [-0.39, 0.29) is 24.4 Å². The normalized spacial score (nSPS) is 30.9. The molecule has 4 amide bonds. The minimum absolute atomic E-state index is 0.103. The Morgan fingerprint density at radius 2 is 1.83 bits per heavy atom. The zero-order chi connectivity index (χ0) is 17.3. The smallest absolute Gasteiger partial charge is 0.325 e. The molecule has 1 heterocycles. The maximum atomic E-state index is 12.8. The summed E-state index contributed by atoms with van der Waals surface area (Å²) in [5.74, 6) is 0.290. The zero-order valence-corrected chi connectivity index (χ0v) is 14.8. The van der Waals surface area contributed by atoms with Gasteiger partial charge >= 0.3 is 6.03 Å². The number of carbonyl (C=O) groups excluding carboxylic acids is 3. The Labute approximate surface area is 143 Å². The second kappa shape index (κ2) is 6.73. The lowest BCUT2D eigenvalue weighted by Gasteiger charge is -2.33. The van der Waals surface area contributed by atoms with Crippen molar-refractivity contribution in [1.82, 2.24) is 15.1 Å². The van der Waals surface area contributed by atoms with Crippen LogP contribution in [0.2, 0.25) is 0 Å². The minimum Gasteiger partial charge on any atom is -0.338 e. The van der Waals surface area contributed by atoms with Crippen molar-refractivity contribution >= 4 is 17.8 Å². The third-order valence-electron chi connectivity index (χ3n) is 6.09. The van der Waals surface area contributed by atoms with Gasteiger partial charge in [0.25, 0.3) is 5.91 Å². The van der Waals surface area contributed by atoms with Crippen molar-refractivity contribution in [2.45, 2.75) is 76.8 Å². The van der Waals surface area contributed by atoms with Crippen LogP contribution in [-0.4, -0.2) is 52.3 Å². The third-order valence-corrected chi connectivity index (χ3v) is 6.09. The van der Waals surface area contributed by atoms with Crippen LogP contribution in [0.1, 0.15) is 65.2 Å². The molecule has 1 N–H and O–H groups in total. The summed E-state index contributed by atoms with van der Waals surface area (Å²) in [6.45, 7) is 4.66. The summed E-state index contributed by atoms with van der Waals surface area (Å²) in [7, 11) is 0. The summed E-state index contributed by atoms with van der Waals surface area (Å²) < 4.78 is 0. The first-order chi connectivity index (χ1) is 11.5. The monoisotopic (exact) mass is 335 g/mol. The van der Waals surface area contributed by atoms with Gasteiger partial charge < -0.3 is 10.2 Å². The molecular weight excluding hydrogens is 306 g/mol. The number of nitrogens with one attached hydrogen (secondary N) is 1. The molecular formula is C18H29N3O3. The van der Waals surface area contributed by atoms with Crippen molar-refractivity contribution in [3.8, 4) is 0 Å². The molecule has 0 atom stereocenters. The number of imide groups is 1. The van der Waals surface area contributed by atoms with Crippen LogP contribution in [0.3, 0.4) is 0 Å². The first-order valence-corrected chi connectivity index (χ1v) is 9.40. The van der Waals surface area contributed by atoms with Crippen molar-refractivity contribution < 1.29 is 14.4 Å². The molecule has 2 saturated carbocycles. The highest BCUT2D eigenvalue weighted by atomic mass is 16.2. The molecule has 0 aromatic heterocycles. The van der Waals surface area contributed by atoms with Crippen molar-refractivity contribution in [2.75, 3.05) is 13.1 Å². The van der Waals surface area contributed by atoms with Gasteiger partial charge in [0.2, 0.25) is 5.91 Å². The molecule has 3 rings (SSSR count). The van der Waals surface area contributed by atoms with E-state index in [1.807, 2.05) is 11.8 Å². The van der Waals surface area contributed by atoms with Crippen LogP contribution in [0.25, 0.3) is 0 Å². The van der Waals surface area contributed by atoms with Gasteiger partial charge in [-0.2, -0.15) is 0 Å². The van der Waals surface area contributed by atoms with E-state index in [0.717, 1.165) is 43.4 Å². The molecule has 0 bridgehead atoms. The summed E-state index contributed by atoms with van der Waals surface area (Å²) in [4.78, 5) is 40.9. The summed E-state index contributed by atoms with van der Waals surface area (Å²) in [6.07, 6.45) is 7.61. The minimum atomic E-state index is -0.756. The van der Waals surface area contributed by atoms with Gasteiger partial charge in [-0.1, -0.05) is 19.8 Å². The Hall–Kier alpha value is -1.59. The quantitative estimate of drug-likeness (QED) is 0.801. The Bertz CT molecular complexity index is 520. The van der Waals surface area contributed by atoms with E-state index < -0.39 is 11.6 Å². The average Bonchev–Trinajstić information content (AvgIpc) is 3.15. The van der Waals surface area contributed by atoms with Gasteiger partial charge in [0.1, 0.15) is 12.1 Å². The number of amides is 4. The second-order valence-corrected chi connectivity index (χ2v) is 7.70. The van der Waals surface area contributed by atoms with Crippen molar-refractivity contribution in [2.24, 2.45) is 5.92 Å². The van der Waals surface area contributed by atoms with E-state index in [1.54, 1.807) is 0 Å². The molecule has 3 aliphatic rings. The van der Waals surface area contributed by atoms with Crippen LogP contribution in [-0.2, 0) is 9.59 Å². The topological polar surface area (TPSA) is 69.7 Å². The number of carbonyl (C=O) groups is 3. The van der Waals surface area contributed by atoms with E-state index in [4.69, 9.17) is 0 Å². The molecule has 1 spiro atoms. The zero-order valence-electron chi connectivity index (χ0n) is 14.8. The molecule has 1 saturated heterocycles. The largest absolute Gasteiger partial charge is 0.338 e. The number of hydrogen-bond donors (Lipinski definition) is 1. The number of likely N-dealkylation sites (N-methyl/N-ethyl adjacent to an activating group) is 1. The molecule has 6 heteroatoms. The summed E-state index contributed by atoms with van der Waals surface area (Å²) >= 11 is 0. The van der Waals surface area contributed by atoms with Crippen molar-refractivity contribution in [3.05, 3.63) is 0 Å². The summed E-state index contributed by atoms with van der Waals surface area (Å²) in [5, 5.41) is 2.89. The number of urea groups is 1. The van der Waals surface area contributed by atoms with E-state index in [0.29, 0.717) is 25.3 Å². The highest BCUT2D eigenvalue weighted by molar-refractivity contribution is 6.09. The first kappa shape index (κ1) is 17.2. The fourth-order valence-corrected chi connectivity index (χ4v) is 4.49. The second-order valence-electron chi connectivity index (χ2n) is 7.70. The lowest BCUT2D eigenvalue weighted by atomic mass is 9.77. The van der Waals surface area contributed by atoms with Gasteiger partial charge in [-0.25, -0.2) is 4.79 Å². The first-order valence-electron chi connectivity index (χ1n) is 9.40. The van der Waals surface area contributed by atoms with Crippen LogP contribution in [0.4, 0.5) is 4.79 Å². The summed E-state index contributed by atoms with van der Waals surface area (Å²) in [6, 6.07) is -0.127. The van der Waals surface area contributed by atoms with Gasteiger partial charge in [0.15, 0.2) is 0 Å². The lowest BCUT2D eigenvalue weighted by Crippen LogP contribution is -2.50. The maximum Gasteiger partial charge on any atom is 0.325 e. The predicted molar refractivity (Wildman–Crippen MR) is 90.3 cm³/mol. The Morgan fingerprint density at radius 3 is 2.42 bits per heavy atom. The van der Waals surface area contributed by atoms with Crippen molar-refractivity contribution in [1.29, 1.82) is 0 Å². The molecule has 3 fully saturated rings. The molecule has 1 aliphatic heterocycles. The molecule has 134 valence electrons. The molecule has 24 heavy (non-hydrogen) atoms. The van der Waals surface area contributed by atoms with Crippen LogP contribution >= 0.6 is 0 Å². The van der Waals surface area contributed by atoms with Crippen LogP contribution in [0.15, 0.2) is 0 Å². The Morgan fingerprint density at radius 1 is 1.21 bits per heavy atom. The highest BCUT2D eigenvalue weighted by Gasteiger charge is 2.52. The summed E-state index contributed by atoms with van der Waals surface area (Å²) in [5.41, 5.74) is -0.756. The van der Waals surface area contributed by atoms with Gasteiger partial charge in [-0.15, -0.1) is 0 Å². The van der Waals surface area contributed by atoms with E-state index in [2.05, 4.69) is 12.2 Å². The standard InChI is InChI=1S/C18H29N3O3/c1-3-20(14-6-4-5-7-14)15(22)12-21-16(23)18(19-17(21)24)10-8-13(2)9-11-18/h13-14H,3-12H2,1-2H3,(H,19,24). The van der Waals surface area contributed by atoms with Gasteiger partial charge in [0, 0.05) is 12.6 Å². The predicted octanol–water partition coefficient (Wildman–Crippen LogP) is 2.28. The van der Waals surface area contributed by atoms with Gasteiger partial charge in [0.05, 0.1) is 0 Å². The SMILES string of the molecule is CCN(C(=O)CN1C(=O)NC2(CCC(C)CC2)C1=O)C1CCCC1. The number of hydrogen-bond acceptors (Lipinski definition) is 3. The molecule has 0 aromatic rings. The highest BCUT2D eigenvalue weighted by Crippen LogP contribution is 2.36. The van der Waals surface area contributed by atoms with Crippen molar-refractivity contribution in [3.63, 3.8) is 0 Å². The maximum absolute atomic E-state index is 12.8. The van der Waals surface area contributed by atoms with Gasteiger partial charge in [-0.3, -0.25) is 14.5 Å². The fraction of sp³-hybridized carbons (Fsp3) is 0.833. The molecule has 0 unspecified atom stereocenters. The molecule has 0 radical (unpaired) electrons. The van der Waals surface area contributed by atoms with E-state index in [9.17, 15) is 14.4 Å². The van der Waals surface area contributed by atoms with Crippen LogP contribution in [0, 0.1) is 5.92 Å². The number of rotatable bonds is 4. The lowest BCUT2D eigenvalue weighted by molar-refractivity contribution is -0.140. The third kappa shape index (κ3) is 3.03. The molecule has 6 nitrogen and oxygen atoms in total. The fourth-order valence-electron chi connectivity index (χ4n) is 4.49. The van der Waals surface area contributed by atoms with E-state index >= 15 is 0 Å². The Balaban J connectivity index is 1.67. The van der Waals surface area contributed by atoms with Crippen LogP contribution < -0.4 is 5.32 Å². The van der Waals surface area contributed by atoms with Crippen LogP contribution in [0.5, 0.6) is 0 Å². The molecule has 2 aliphatic carbocycles.